The van der Waals surface area contributed by atoms with Gasteiger partial charge in [-0.3, -0.25) is 9.59 Å². The summed E-state index contributed by atoms with van der Waals surface area (Å²) in [6.45, 7) is 2.38. The molecule has 2 aliphatic rings. The molecule has 0 unspecified atom stereocenters. The molecule has 2 aliphatic heterocycles. The van der Waals surface area contributed by atoms with E-state index in [2.05, 4.69) is 37.4 Å². The molecule has 4 heterocycles. The number of rotatable bonds is 14. The number of ether oxygens (including phenoxy) is 3. The molecule has 16 heteroatoms. The molecular weight excluding hydrogens is 634 g/mol. The predicted molar refractivity (Wildman–Crippen MR) is 165 cm³/mol. The summed E-state index contributed by atoms with van der Waals surface area (Å²) in [6.07, 6.45) is -0.996. The van der Waals surface area contributed by atoms with Crippen molar-refractivity contribution < 1.29 is 33.7 Å². The van der Waals surface area contributed by atoms with Gasteiger partial charge >= 0.3 is 5.97 Å². The van der Waals surface area contributed by atoms with E-state index in [4.69, 9.17) is 25.8 Å². The molecule has 1 N–H and O–H groups in total. The Morgan fingerprint density at radius 3 is 2.49 bits per heavy atom. The highest BCUT2D eigenvalue weighted by molar-refractivity contribution is 6.32. The number of ketones is 1. The third-order valence-corrected chi connectivity index (χ3v) is 8.43. The highest BCUT2D eigenvalue weighted by Crippen LogP contribution is 2.32. The van der Waals surface area contributed by atoms with Crippen LogP contribution in [0.5, 0.6) is 0 Å². The highest BCUT2D eigenvalue weighted by Gasteiger charge is 2.51. The fourth-order valence-electron chi connectivity index (χ4n) is 5.90. The number of halogens is 1. The normalized spacial score (nSPS) is 20.2. The van der Waals surface area contributed by atoms with Crippen molar-refractivity contribution in [2.45, 2.75) is 70.0 Å². The second kappa shape index (κ2) is 14.4. The minimum Gasteiger partial charge on any atom is -0.457 e. The Hall–Kier alpha value is -4.73. The molecule has 47 heavy (non-hydrogen) atoms. The first kappa shape index (κ1) is 32.2. The summed E-state index contributed by atoms with van der Waals surface area (Å²) in [7, 11) is 0. The van der Waals surface area contributed by atoms with E-state index >= 15 is 0 Å². The van der Waals surface area contributed by atoms with E-state index in [9.17, 15) is 19.7 Å². The number of nitrogens with one attached hydrogen (secondary N) is 1. The molecule has 246 valence electrons. The van der Waals surface area contributed by atoms with E-state index < -0.39 is 35.5 Å². The van der Waals surface area contributed by atoms with Gasteiger partial charge in [-0.2, -0.15) is 5.21 Å². The van der Waals surface area contributed by atoms with E-state index in [1.54, 1.807) is 0 Å². The van der Waals surface area contributed by atoms with Crippen molar-refractivity contribution in [2.24, 2.45) is 0 Å². The number of tetrazole rings is 1. The van der Waals surface area contributed by atoms with Crippen molar-refractivity contribution in [1.29, 1.82) is 0 Å². The number of carbonyl (C=O) groups excluding carboxylic acids is 2. The van der Waals surface area contributed by atoms with Gasteiger partial charge in [0.2, 0.25) is 5.82 Å². The van der Waals surface area contributed by atoms with Gasteiger partial charge in [0.1, 0.15) is 23.7 Å². The van der Waals surface area contributed by atoms with Crippen molar-refractivity contribution in [2.75, 3.05) is 13.2 Å². The average Bonchev–Trinajstić information content (AvgIpc) is 3.87. The summed E-state index contributed by atoms with van der Waals surface area (Å²) >= 11 is 6.54. The lowest BCUT2D eigenvalue weighted by atomic mass is 9.98. The third-order valence-electron chi connectivity index (χ3n) is 8.16. The van der Waals surface area contributed by atoms with Crippen LogP contribution in [0.4, 0.5) is 0 Å². The molecule has 0 radical (unpaired) electrons. The molecule has 0 amide bonds. The van der Waals surface area contributed by atoms with Gasteiger partial charge in [-0.1, -0.05) is 73.5 Å². The summed E-state index contributed by atoms with van der Waals surface area (Å²) in [5, 5.41) is 24.3. The number of benzene rings is 2. The number of imidazole rings is 1. The van der Waals surface area contributed by atoms with Crippen LogP contribution in [0.1, 0.15) is 54.5 Å². The SMILES string of the molecule is CCCCc1nc(Cl)c(C(=O)CCC(=O)O[C@H]2CO[C@H]3[C@@H]2OC[C@H]3O[N+](=O)[O-])n1Cc1ccc(-c2ccccc2-c2nn[nH]n2)cc1. The van der Waals surface area contributed by atoms with Crippen LogP contribution < -0.4 is 0 Å². The quantitative estimate of drug-likeness (QED) is 0.0883. The summed E-state index contributed by atoms with van der Waals surface area (Å²) in [6, 6.07) is 15.7. The Bertz CT molecular complexity index is 1730. The van der Waals surface area contributed by atoms with E-state index in [0.29, 0.717) is 24.6 Å². The molecule has 0 aliphatic carbocycles. The van der Waals surface area contributed by atoms with Crippen molar-refractivity contribution in [3.05, 3.63) is 80.9 Å². The first-order valence-electron chi connectivity index (χ1n) is 15.3. The topological polar surface area (TPSA) is 186 Å². The second-order valence-electron chi connectivity index (χ2n) is 11.2. The van der Waals surface area contributed by atoms with Gasteiger partial charge < -0.3 is 23.6 Å². The summed E-state index contributed by atoms with van der Waals surface area (Å²) in [5.41, 5.74) is 3.91. The number of H-pyrrole nitrogens is 1. The Kier molecular flexibility index (Phi) is 9.84. The van der Waals surface area contributed by atoms with Gasteiger partial charge in [-0.25, -0.2) is 4.98 Å². The number of nitrogens with zero attached hydrogens (tertiary/aromatic N) is 6. The molecule has 0 bridgehead atoms. The first-order chi connectivity index (χ1) is 22.8. The van der Waals surface area contributed by atoms with Crippen LogP contribution in [-0.4, -0.2) is 84.6 Å². The van der Waals surface area contributed by atoms with E-state index in [-0.39, 0.29) is 42.7 Å². The zero-order valence-electron chi connectivity index (χ0n) is 25.4. The largest absolute Gasteiger partial charge is 0.457 e. The highest BCUT2D eigenvalue weighted by atomic mass is 35.5. The van der Waals surface area contributed by atoms with Crippen LogP contribution >= 0.6 is 11.6 Å². The van der Waals surface area contributed by atoms with Crippen LogP contribution in [0.15, 0.2) is 48.5 Å². The maximum atomic E-state index is 13.5. The van der Waals surface area contributed by atoms with Crippen LogP contribution in [0.3, 0.4) is 0 Å². The van der Waals surface area contributed by atoms with Gasteiger partial charge in [-0.15, -0.1) is 20.3 Å². The van der Waals surface area contributed by atoms with Gasteiger partial charge in [-0.05, 0) is 28.3 Å². The summed E-state index contributed by atoms with van der Waals surface area (Å²) in [4.78, 5) is 46.1. The number of hydrogen-bond acceptors (Lipinski definition) is 12. The average molecular weight is 666 g/mol. The number of hydrogen-bond donors (Lipinski definition) is 1. The van der Waals surface area contributed by atoms with Crippen LogP contribution in [0, 0.1) is 10.1 Å². The number of unbranched alkanes of at least 4 members (excludes halogenated alkanes) is 1. The molecular formula is C31H32ClN7O8. The minimum atomic E-state index is -0.900. The Balaban J connectivity index is 1.13. The van der Waals surface area contributed by atoms with Crippen LogP contribution in [0.2, 0.25) is 5.15 Å². The number of aromatic amines is 1. The lowest BCUT2D eigenvalue weighted by Gasteiger charge is -2.17. The maximum Gasteiger partial charge on any atom is 0.306 e. The fourth-order valence-corrected chi connectivity index (χ4v) is 6.20. The third kappa shape index (κ3) is 7.16. The molecule has 4 atom stereocenters. The molecule has 2 saturated heterocycles. The van der Waals surface area contributed by atoms with E-state index in [1.807, 2.05) is 53.1 Å². The zero-order chi connectivity index (χ0) is 32.9. The van der Waals surface area contributed by atoms with Crippen molar-refractivity contribution in [1.82, 2.24) is 30.2 Å². The van der Waals surface area contributed by atoms with Gasteiger partial charge in [0.25, 0.3) is 5.09 Å². The van der Waals surface area contributed by atoms with Crippen molar-refractivity contribution in [3.8, 4) is 22.5 Å². The standard InChI is InChI=1S/C31H32ClN7O8/c1-2-3-8-25-33-30(32)27(22(40)13-14-26(41)46-23-16-44-29-24(47-39(42)43)17-45-28(23)29)38(25)15-18-9-11-19(12-10-18)20-6-4-5-7-21(20)31-34-36-37-35-31/h4-7,9-12,23-24,28-29H,2-3,8,13-17H2,1H3,(H,34,35,36,37)/t23-,24+,28+,29+/m0/s1. The molecule has 2 aromatic heterocycles. The minimum absolute atomic E-state index is 0.00740. The Labute approximate surface area is 273 Å². The number of aryl methyl sites for hydroxylation is 1. The van der Waals surface area contributed by atoms with Gasteiger partial charge in [0.05, 0.1) is 19.6 Å². The monoisotopic (exact) mass is 665 g/mol. The first-order valence-corrected chi connectivity index (χ1v) is 15.6. The molecule has 6 rings (SSSR count). The fraction of sp³-hybridized carbons (Fsp3) is 0.419. The summed E-state index contributed by atoms with van der Waals surface area (Å²) in [5.74, 6) is 0.215. The number of esters is 1. The van der Waals surface area contributed by atoms with Crippen molar-refractivity contribution >= 4 is 23.4 Å². The second-order valence-corrected chi connectivity index (χ2v) is 11.6. The molecule has 4 aromatic rings. The number of Topliss-reactive ketones (excluding diaryl/α,β-unsaturated/α-hetero) is 1. The van der Waals surface area contributed by atoms with E-state index in [0.717, 1.165) is 35.1 Å². The Morgan fingerprint density at radius 1 is 1.06 bits per heavy atom. The lowest BCUT2D eigenvalue weighted by molar-refractivity contribution is -0.769. The molecule has 15 nitrogen and oxygen atoms in total. The molecule has 2 aromatic carbocycles. The molecule has 2 fully saturated rings. The van der Waals surface area contributed by atoms with Crippen molar-refractivity contribution in [3.63, 3.8) is 0 Å². The number of fused-ring (bicyclic) bond motifs is 1. The number of aromatic nitrogens is 6. The number of carbonyl (C=O) groups is 2. The lowest BCUT2D eigenvalue weighted by Crippen LogP contribution is -2.35. The molecule has 0 saturated carbocycles. The molecule has 0 spiro atoms. The predicted octanol–water partition coefficient (Wildman–Crippen LogP) is 4.02. The zero-order valence-corrected chi connectivity index (χ0v) is 26.2. The summed E-state index contributed by atoms with van der Waals surface area (Å²) < 4.78 is 18.4. The van der Waals surface area contributed by atoms with Crippen LogP contribution in [0.25, 0.3) is 22.5 Å². The van der Waals surface area contributed by atoms with Gasteiger partial charge in [0, 0.05) is 24.9 Å². The van der Waals surface area contributed by atoms with E-state index in [1.165, 1.54) is 0 Å². The smallest absolute Gasteiger partial charge is 0.306 e. The maximum absolute atomic E-state index is 13.5. The Morgan fingerprint density at radius 2 is 1.79 bits per heavy atom. The van der Waals surface area contributed by atoms with Gasteiger partial charge in [0.15, 0.2) is 23.1 Å². The van der Waals surface area contributed by atoms with Crippen LogP contribution in [-0.2, 0) is 36.8 Å².